The highest BCUT2D eigenvalue weighted by molar-refractivity contribution is 5.84. The lowest BCUT2D eigenvalue weighted by atomic mass is 9.79. The van der Waals surface area contributed by atoms with Gasteiger partial charge in [0.2, 0.25) is 0 Å². The maximum atomic E-state index is 8.68. The molecule has 0 heterocycles. The van der Waals surface area contributed by atoms with Crippen LogP contribution in [0.3, 0.4) is 0 Å². The average Bonchev–Trinajstić information content (AvgIpc) is 2.04. The van der Waals surface area contributed by atoms with Crippen LogP contribution in [-0.2, 0) is 0 Å². The molecule has 0 aromatic carbocycles. The first-order valence-electron chi connectivity index (χ1n) is 4.96. The summed E-state index contributed by atoms with van der Waals surface area (Å²) in [6.07, 6.45) is 5.86. The van der Waals surface area contributed by atoms with E-state index >= 15 is 0 Å². The molecule has 0 spiro atoms. The van der Waals surface area contributed by atoms with Gasteiger partial charge in [-0.3, -0.25) is 0 Å². The monoisotopic (exact) mass is 169 g/mol. The molecule has 1 N–H and O–H groups in total. The van der Waals surface area contributed by atoms with Gasteiger partial charge in [-0.05, 0) is 31.1 Å². The van der Waals surface area contributed by atoms with Gasteiger partial charge in [-0.15, -0.1) is 0 Å². The van der Waals surface area contributed by atoms with Crippen molar-refractivity contribution >= 4 is 5.71 Å². The quantitative estimate of drug-likeness (QED) is 0.500. The van der Waals surface area contributed by atoms with Gasteiger partial charge < -0.3 is 5.21 Å². The summed E-state index contributed by atoms with van der Waals surface area (Å²) in [5.74, 6) is 1.48. The molecule has 0 bridgehead atoms. The Labute approximate surface area is 74.7 Å². The fraction of sp³-hybridized carbons (Fsp3) is 0.900. The third-order valence-electron chi connectivity index (χ3n) is 2.68. The van der Waals surface area contributed by atoms with Gasteiger partial charge in [0, 0.05) is 0 Å². The van der Waals surface area contributed by atoms with Crippen molar-refractivity contribution in [2.24, 2.45) is 17.0 Å². The van der Waals surface area contributed by atoms with Gasteiger partial charge in [0.05, 0.1) is 5.71 Å². The van der Waals surface area contributed by atoms with Crippen molar-refractivity contribution in [3.8, 4) is 0 Å². The highest BCUT2D eigenvalue weighted by Gasteiger charge is 2.22. The summed E-state index contributed by atoms with van der Waals surface area (Å²) in [5, 5.41) is 12.0. The molecule has 1 fully saturated rings. The van der Waals surface area contributed by atoms with Gasteiger partial charge >= 0.3 is 0 Å². The molecule has 1 aliphatic rings. The smallest absolute Gasteiger partial charge is 0.0576 e. The fourth-order valence-corrected chi connectivity index (χ4v) is 2.26. The van der Waals surface area contributed by atoms with Crippen molar-refractivity contribution in [2.45, 2.75) is 46.0 Å². The molecule has 70 valence electrons. The van der Waals surface area contributed by atoms with Crippen LogP contribution in [0, 0.1) is 11.8 Å². The molecule has 1 rings (SSSR count). The summed E-state index contributed by atoms with van der Waals surface area (Å²) in [5.41, 5.74) is 1.01. The van der Waals surface area contributed by atoms with Crippen molar-refractivity contribution in [3.05, 3.63) is 0 Å². The maximum absolute atomic E-state index is 8.68. The topological polar surface area (TPSA) is 32.6 Å². The van der Waals surface area contributed by atoms with E-state index in [1.807, 2.05) is 0 Å². The third kappa shape index (κ3) is 2.50. The summed E-state index contributed by atoms with van der Waals surface area (Å²) in [6.45, 7) is 4.46. The first kappa shape index (κ1) is 9.56. The highest BCUT2D eigenvalue weighted by atomic mass is 16.4. The number of rotatable bonds is 2. The van der Waals surface area contributed by atoms with Gasteiger partial charge in [0.15, 0.2) is 0 Å². The van der Waals surface area contributed by atoms with Crippen molar-refractivity contribution < 1.29 is 5.21 Å². The van der Waals surface area contributed by atoms with Crippen LogP contribution in [0.25, 0.3) is 0 Å². The summed E-state index contributed by atoms with van der Waals surface area (Å²) < 4.78 is 0. The molecule has 2 heteroatoms. The Kier molecular flexibility index (Phi) is 3.57. The highest BCUT2D eigenvalue weighted by Crippen LogP contribution is 2.29. The zero-order valence-corrected chi connectivity index (χ0v) is 8.08. The van der Waals surface area contributed by atoms with Gasteiger partial charge in [-0.25, -0.2) is 0 Å². The summed E-state index contributed by atoms with van der Waals surface area (Å²) in [4.78, 5) is 0. The van der Waals surface area contributed by atoms with E-state index in [-0.39, 0.29) is 0 Å². The van der Waals surface area contributed by atoms with E-state index in [1.54, 1.807) is 0 Å². The lowest BCUT2D eigenvalue weighted by Gasteiger charge is -2.26. The van der Waals surface area contributed by atoms with Crippen molar-refractivity contribution in [3.63, 3.8) is 0 Å². The van der Waals surface area contributed by atoms with Crippen molar-refractivity contribution in [1.82, 2.24) is 0 Å². The summed E-state index contributed by atoms with van der Waals surface area (Å²) in [7, 11) is 0. The van der Waals surface area contributed by atoms with Crippen LogP contribution in [0.4, 0.5) is 0 Å². The van der Waals surface area contributed by atoms with Crippen LogP contribution in [0.2, 0.25) is 0 Å². The van der Waals surface area contributed by atoms with Crippen LogP contribution in [-0.4, -0.2) is 10.9 Å². The summed E-state index contributed by atoms with van der Waals surface area (Å²) in [6, 6.07) is 0. The molecule has 1 saturated carbocycles. The molecule has 2 atom stereocenters. The standard InChI is InChI=1S/C10H19NO/c1-3-4-9-5-8(2)6-10(7-9)11-12/h8-9,12H,3-7H2,1-2H3/b11-10-. The minimum Gasteiger partial charge on any atom is -0.411 e. The second-order valence-electron chi connectivity index (χ2n) is 4.07. The van der Waals surface area contributed by atoms with E-state index in [9.17, 15) is 0 Å². The lowest BCUT2D eigenvalue weighted by Crippen LogP contribution is -2.21. The second kappa shape index (κ2) is 4.48. The Bertz CT molecular complexity index is 165. The SMILES string of the molecule is CCCC1C/C(=N\O)CC(C)C1. The molecule has 0 aromatic heterocycles. The largest absolute Gasteiger partial charge is 0.411 e. The Morgan fingerprint density at radius 2 is 2.25 bits per heavy atom. The first-order valence-corrected chi connectivity index (χ1v) is 4.96. The summed E-state index contributed by atoms with van der Waals surface area (Å²) >= 11 is 0. The minimum absolute atomic E-state index is 0.709. The predicted molar refractivity (Wildman–Crippen MR) is 50.6 cm³/mol. The number of nitrogens with zero attached hydrogens (tertiary/aromatic N) is 1. The van der Waals surface area contributed by atoms with Gasteiger partial charge in [0.25, 0.3) is 0 Å². The Balaban J connectivity index is 2.45. The van der Waals surface area contributed by atoms with Gasteiger partial charge in [-0.1, -0.05) is 31.8 Å². The molecule has 0 aromatic rings. The number of hydrogen-bond donors (Lipinski definition) is 1. The van der Waals surface area contributed by atoms with Crippen LogP contribution in [0.1, 0.15) is 46.0 Å². The van der Waals surface area contributed by atoms with Gasteiger partial charge in [0.1, 0.15) is 0 Å². The van der Waals surface area contributed by atoms with E-state index in [2.05, 4.69) is 19.0 Å². The Morgan fingerprint density at radius 3 is 2.83 bits per heavy atom. The molecule has 0 aliphatic heterocycles. The van der Waals surface area contributed by atoms with Crippen molar-refractivity contribution in [2.75, 3.05) is 0 Å². The van der Waals surface area contributed by atoms with Crippen LogP contribution >= 0.6 is 0 Å². The molecular weight excluding hydrogens is 150 g/mol. The molecule has 0 radical (unpaired) electrons. The van der Waals surface area contributed by atoms with Gasteiger partial charge in [-0.2, -0.15) is 0 Å². The molecular formula is C10H19NO. The van der Waals surface area contributed by atoms with Crippen LogP contribution in [0.15, 0.2) is 5.16 Å². The van der Waals surface area contributed by atoms with Crippen molar-refractivity contribution in [1.29, 1.82) is 0 Å². The fourth-order valence-electron chi connectivity index (χ4n) is 2.26. The number of hydrogen-bond acceptors (Lipinski definition) is 2. The first-order chi connectivity index (χ1) is 5.76. The molecule has 2 unspecified atom stereocenters. The lowest BCUT2D eigenvalue weighted by molar-refractivity contribution is 0.296. The van der Waals surface area contributed by atoms with E-state index in [0.717, 1.165) is 24.5 Å². The van der Waals surface area contributed by atoms with E-state index in [1.165, 1.54) is 19.3 Å². The van der Waals surface area contributed by atoms with E-state index < -0.39 is 0 Å². The molecule has 1 aliphatic carbocycles. The van der Waals surface area contributed by atoms with E-state index in [4.69, 9.17) is 5.21 Å². The second-order valence-corrected chi connectivity index (χ2v) is 4.07. The molecule has 12 heavy (non-hydrogen) atoms. The Morgan fingerprint density at radius 1 is 1.50 bits per heavy atom. The predicted octanol–water partition coefficient (Wildman–Crippen LogP) is 3.05. The third-order valence-corrected chi connectivity index (χ3v) is 2.68. The zero-order valence-electron chi connectivity index (χ0n) is 8.08. The maximum Gasteiger partial charge on any atom is 0.0576 e. The molecule has 0 amide bonds. The van der Waals surface area contributed by atoms with Crippen LogP contribution < -0.4 is 0 Å². The normalized spacial score (nSPS) is 34.0. The average molecular weight is 169 g/mol. The minimum atomic E-state index is 0.709. The molecule has 2 nitrogen and oxygen atoms in total. The van der Waals surface area contributed by atoms with E-state index in [0.29, 0.717) is 5.92 Å². The van der Waals surface area contributed by atoms with Crippen LogP contribution in [0.5, 0.6) is 0 Å². The molecule has 0 saturated heterocycles. The number of oxime groups is 1. The Hall–Kier alpha value is -0.530. The zero-order chi connectivity index (χ0) is 8.97.